The molecule has 0 aliphatic carbocycles. The van der Waals surface area contributed by atoms with Crippen LogP contribution in [0.3, 0.4) is 0 Å². The topological polar surface area (TPSA) is 54.5 Å². The summed E-state index contributed by atoms with van der Waals surface area (Å²) in [6.07, 6.45) is 6.08. The fourth-order valence-electron chi connectivity index (χ4n) is 2.68. The summed E-state index contributed by atoms with van der Waals surface area (Å²) in [6.45, 7) is 1.64. The van der Waals surface area contributed by atoms with Gasteiger partial charge in [-0.1, -0.05) is 0 Å². The van der Waals surface area contributed by atoms with E-state index in [2.05, 4.69) is 22.2 Å². The van der Waals surface area contributed by atoms with Gasteiger partial charge < -0.3 is 10.1 Å². The number of aromatic nitrogens is 1. The first-order chi connectivity index (χ1) is 9.74. The largest absolute Gasteiger partial charge is 0.381 e. The minimum Gasteiger partial charge on any atom is -0.381 e. The highest BCUT2D eigenvalue weighted by Gasteiger charge is 2.30. The summed E-state index contributed by atoms with van der Waals surface area (Å²) in [5, 5.41) is 3.10. The number of hydrogen-bond donors (Lipinski definition) is 1. The fraction of sp³-hybridized carbons (Fsp3) is 0.571. The van der Waals surface area contributed by atoms with Crippen LogP contribution in [0, 0.1) is 0 Å². The van der Waals surface area contributed by atoms with E-state index in [0.29, 0.717) is 12.5 Å². The normalized spacial score (nSPS) is 24.1. The van der Waals surface area contributed by atoms with Crippen LogP contribution in [0.4, 0.5) is 5.69 Å². The molecule has 0 radical (unpaired) electrons. The van der Waals surface area contributed by atoms with Crippen LogP contribution in [-0.4, -0.2) is 47.5 Å². The molecule has 5 nitrogen and oxygen atoms in total. The van der Waals surface area contributed by atoms with E-state index in [1.807, 2.05) is 6.07 Å². The van der Waals surface area contributed by atoms with Gasteiger partial charge in [-0.05, 0) is 26.0 Å². The fourth-order valence-corrected chi connectivity index (χ4v) is 3.92. The molecule has 0 aromatic carbocycles. The zero-order valence-corrected chi connectivity index (χ0v) is 12.4. The molecule has 0 spiro atoms. The Morgan fingerprint density at radius 2 is 2.25 bits per heavy atom. The van der Waals surface area contributed by atoms with Crippen molar-refractivity contribution in [2.75, 3.05) is 25.6 Å². The van der Waals surface area contributed by atoms with Gasteiger partial charge in [0.15, 0.2) is 0 Å². The highest BCUT2D eigenvalue weighted by atomic mass is 32.2. The standard InChI is InChI=1S/C14H19N3O2S/c1-17(10-3-6-19-7-4-10)14-8-13(18)16-11-9-15-5-2-12(11)20-14/h2,5,9-10,14H,3-4,6-8H2,1H3,(H,16,18). The molecule has 1 fully saturated rings. The molecule has 0 saturated carbocycles. The summed E-state index contributed by atoms with van der Waals surface area (Å²) in [7, 11) is 2.12. The quantitative estimate of drug-likeness (QED) is 0.903. The summed E-state index contributed by atoms with van der Waals surface area (Å²) >= 11 is 1.75. The molecule has 1 N–H and O–H groups in total. The van der Waals surface area contributed by atoms with Crippen molar-refractivity contribution in [1.29, 1.82) is 0 Å². The van der Waals surface area contributed by atoms with Crippen LogP contribution in [0.1, 0.15) is 19.3 Å². The molecule has 1 amide bonds. The van der Waals surface area contributed by atoms with Crippen LogP contribution in [0.5, 0.6) is 0 Å². The maximum Gasteiger partial charge on any atom is 0.226 e. The second-order valence-electron chi connectivity index (χ2n) is 5.21. The summed E-state index contributed by atoms with van der Waals surface area (Å²) in [5.74, 6) is 0.0631. The van der Waals surface area contributed by atoms with Crippen molar-refractivity contribution < 1.29 is 9.53 Å². The van der Waals surface area contributed by atoms with E-state index in [4.69, 9.17) is 4.74 Å². The van der Waals surface area contributed by atoms with Crippen molar-refractivity contribution in [2.24, 2.45) is 0 Å². The van der Waals surface area contributed by atoms with Gasteiger partial charge in [0.1, 0.15) is 0 Å². The Labute approximate surface area is 123 Å². The van der Waals surface area contributed by atoms with Gasteiger partial charge in [0.2, 0.25) is 5.91 Å². The second kappa shape index (κ2) is 6.11. The van der Waals surface area contributed by atoms with E-state index in [1.54, 1.807) is 24.2 Å². The van der Waals surface area contributed by atoms with Gasteiger partial charge in [-0.3, -0.25) is 14.7 Å². The van der Waals surface area contributed by atoms with Gasteiger partial charge in [-0.2, -0.15) is 0 Å². The number of carbonyl (C=O) groups is 1. The third-order valence-corrected chi connectivity index (χ3v) is 5.28. The molecule has 3 rings (SSSR count). The van der Waals surface area contributed by atoms with Crippen LogP contribution in [0.2, 0.25) is 0 Å². The van der Waals surface area contributed by atoms with Gasteiger partial charge in [0, 0.05) is 30.3 Å². The molecule has 1 aromatic rings. The number of nitrogens with one attached hydrogen (secondary N) is 1. The molecule has 1 saturated heterocycles. The summed E-state index contributed by atoms with van der Waals surface area (Å²) in [6, 6.07) is 2.47. The summed E-state index contributed by atoms with van der Waals surface area (Å²) < 4.78 is 5.42. The lowest BCUT2D eigenvalue weighted by molar-refractivity contribution is -0.116. The zero-order chi connectivity index (χ0) is 13.9. The Hall–Kier alpha value is -1.11. The molecule has 0 bridgehead atoms. The minimum absolute atomic E-state index is 0.0631. The Kier molecular flexibility index (Phi) is 4.24. The molecule has 108 valence electrons. The molecule has 3 heterocycles. The number of hydrogen-bond acceptors (Lipinski definition) is 5. The smallest absolute Gasteiger partial charge is 0.226 e. The number of pyridine rings is 1. The van der Waals surface area contributed by atoms with E-state index in [0.717, 1.165) is 36.6 Å². The van der Waals surface area contributed by atoms with Crippen LogP contribution in [0.25, 0.3) is 0 Å². The van der Waals surface area contributed by atoms with Crippen molar-refractivity contribution in [3.05, 3.63) is 18.5 Å². The third kappa shape index (κ3) is 2.97. The lowest BCUT2D eigenvalue weighted by atomic mass is 10.1. The number of ether oxygens (including phenoxy) is 1. The van der Waals surface area contributed by atoms with Gasteiger partial charge >= 0.3 is 0 Å². The Morgan fingerprint density at radius 3 is 3.05 bits per heavy atom. The average molecular weight is 293 g/mol. The van der Waals surface area contributed by atoms with Crippen LogP contribution in [-0.2, 0) is 9.53 Å². The van der Waals surface area contributed by atoms with Gasteiger partial charge in [-0.25, -0.2) is 0 Å². The lowest BCUT2D eigenvalue weighted by Crippen LogP contribution is -2.42. The molecule has 1 aromatic heterocycles. The third-order valence-electron chi connectivity index (χ3n) is 3.90. The van der Waals surface area contributed by atoms with E-state index in [1.165, 1.54) is 0 Å². The zero-order valence-electron chi connectivity index (χ0n) is 11.5. The second-order valence-corrected chi connectivity index (χ2v) is 6.43. The number of nitrogens with zero attached hydrogens (tertiary/aromatic N) is 2. The SMILES string of the molecule is CN(C1CCOCC1)C1CC(=O)Nc2cnccc2S1. The molecule has 1 atom stereocenters. The van der Waals surface area contributed by atoms with Crippen molar-refractivity contribution in [2.45, 2.75) is 35.6 Å². The summed E-state index contributed by atoms with van der Waals surface area (Å²) in [4.78, 5) is 19.5. The molecule has 6 heteroatoms. The minimum atomic E-state index is 0.0631. The van der Waals surface area contributed by atoms with Crippen LogP contribution < -0.4 is 5.32 Å². The van der Waals surface area contributed by atoms with Crippen molar-refractivity contribution in [3.8, 4) is 0 Å². The van der Waals surface area contributed by atoms with Crippen LogP contribution >= 0.6 is 11.8 Å². The number of anilines is 1. The number of carbonyl (C=O) groups excluding carboxylic acids is 1. The van der Waals surface area contributed by atoms with Gasteiger partial charge in [0.25, 0.3) is 0 Å². The first-order valence-electron chi connectivity index (χ1n) is 6.94. The van der Waals surface area contributed by atoms with Gasteiger partial charge in [-0.15, -0.1) is 11.8 Å². The van der Waals surface area contributed by atoms with Gasteiger partial charge in [0.05, 0.1) is 23.7 Å². The monoisotopic (exact) mass is 293 g/mol. The van der Waals surface area contributed by atoms with Crippen molar-refractivity contribution in [3.63, 3.8) is 0 Å². The maximum atomic E-state index is 12.0. The molecular weight excluding hydrogens is 274 g/mol. The van der Waals surface area contributed by atoms with Crippen molar-refractivity contribution in [1.82, 2.24) is 9.88 Å². The molecular formula is C14H19N3O2S. The molecule has 20 heavy (non-hydrogen) atoms. The Balaban J connectivity index is 1.77. The van der Waals surface area contributed by atoms with Crippen molar-refractivity contribution >= 4 is 23.4 Å². The van der Waals surface area contributed by atoms with E-state index >= 15 is 0 Å². The van der Waals surface area contributed by atoms with Crippen LogP contribution in [0.15, 0.2) is 23.4 Å². The molecule has 2 aliphatic heterocycles. The molecule has 1 unspecified atom stereocenters. The molecule has 2 aliphatic rings. The predicted molar refractivity (Wildman–Crippen MR) is 78.7 cm³/mol. The predicted octanol–water partition coefficient (Wildman–Crippen LogP) is 1.95. The van der Waals surface area contributed by atoms with E-state index in [-0.39, 0.29) is 11.3 Å². The summed E-state index contributed by atoms with van der Waals surface area (Å²) in [5.41, 5.74) is 0.824. The highest BCUT2D eigenvalue weighted by molar-refractivity contribution is 8.00. The number of fused-ring (bicyclic) bond motifs is 1. The average Bonchev–Trinajstić information content (AvgIpc) is 2.65. The van der Waals surface area contributed by atoms with E-state index in [9.17, 15) is 4.79 Å². The lowest BCUT2D eigenvalue weighted by Gasteiger charge is -2.35. The highest BCUT2D eigenvalue weighted by Crippen LogP contribution is 2.36. The first-order valence-corrected chi connectivity index (χ1v) is 7.82. The number of rotatable bonds is 2. The Bertz CT molecular complexity index is 491. The maximum absolute atomic E-state index is 12.0. The number of amides is 1. The Morgan fingerprint density at radius 1 is 1.45 bits per heavy atom. The number of thioether (sulfide) groups is 1. The first kappa shape index (κ1) is 13.9. The van der Waals surface area contributed by atoms with E-state index < -0.39 is 0 Å².